The van der Waals surface area contributed by atoms with Crippen LogP contribution in [0.25, 0.3) is 0 Å². The second-order valence-electron chi connectivity index (χ2n) is 8.22. The summed E-state index contributed by atoms with van der Waals surface area (Å²) in [6.07, 6.45) is 6.49. The minimum atomic E-state index is -0.987. The Balaban J connectivity index is 1.25. The summed E-state index contributed by atoms with van der Waals surface area (Å²) in [5.74, 6) is -1.06. The molecule has 0 spiro atoms. The number of ether oxygens (including phenoxy) is 1. The van der Waals surface area contributed by atoms with Crippen molar-refractivity contribution >= 4 is 39.9 Å². The van der Waals surface area contributed by atoms with Crippen LogP contribution in [-0.4, -0.2) is 34.1 Å². The molecule has 2 aromatic carbocycles. The average molecular weight is 495 g/mol. The molecule has 1 N–H and O–H groups in total. The van der Waals surface area contributed by atoms with Gasteiger partial charge in [0.15, 0.2) is 0 Å². The molecule has 1 saturated carbocycles. The van der Waals surface area contributed by atoms with E-state index in [0.29, 0.717) is 15.8 Å². The first kappa shape index (κ1) is 20.6. The van der Waals surface area contributed by atoms with Crippen LogP contribution in [0.3, 0.4) is 0 Å². The lowest BCUT2D eigenvalue weighted by Gasteiger charge is -2.13. The monoisotopic (exact) mass is 494 g/mol. The Kier molecular flexibility index (Phi) is 5.17. The highest BCUT2D eigenvalue weighted by Gasteiger charge is 2.59. The molecule has 2 bridgehead atoms. The number of imide groups is 1. The number of amides is 2. The fourth-order valence-electron chi connectivity index (χ4n) is 4.79. The number of nitrogens with zero attached hydrogens (tertiary/aromatic N) is 2. The van der Waals surface area contributed by atoms with E-state index in [1.54, 1.807) is 36.4 Å². The summed E-state index contributed by atoms with van der Waals surface area (Å²) in [7, 11) is 0. The molecule has 2 fully saturated rings. The minimum absolute atomic E-state index is 0.156. The van der Waals surface area contributed by atoms with Crippen LogP contribution in [0.4, 0.5) is 0 Å². The molecule has 1 aliphatic heterocycles. The van der Waals surface area contributed by atoms with Crippen LogP contribution in [0.2, 0.25) is 0 Å². The molecule has 1 heterocycles. The molecule has 5 rings (SSSR count). The maximum absolute atomic E-state index is 12.7. The van der Waals surface area contributed by atoms with E-state index in [-0.39, 0.29) is 47.7 Å². The number of carbonyl (C=O) groups excluding carboxylic acids is 2. The number of carboxylic acid groups (broad SMARTS) is 1. The molecule has 0 aromatic heterocycles. The van der Waals surface area contributed by atoms with Crippen molar-refractivity contribution < 1.29 is 24.2 Å². The molecule has 7 nitrogen and oxygen atoms in total. The number of carbonyl (C=O) groups is 3. The lowest BCUT2D eigenvalue weighted by Crippen LogP contribution is -2.28. The molecule has 3 aliphatic rings. The van der Waals surface area contributed by atoms with Crippen LogP contribution in [0, 0.1) is 23.7 Å². The maximum Gasteiger partial charge on any atom is 0.335 e. The van der Waals surface area contributed by atoms with E-state index in [0.717, 1.165) is 17.0 Å². The lowest BCUT2D eigenvalue weighted by atomic mass is 9.85. The molecule has 2 aliphatic carbocycles. The number of benzene rings is 2. The molecule has 4 unspecified atom stereocenters. The van der Waals surface area contributed by atoms with Gasteiger partial charge in [0.05, 0.1) is 28.1 Å². The van der Waals surface area contributed by atoms with Gasteiger partial charge in [-0.15, -0.1) is 0 Å². The summed E-state index contributed by atoms with van der Waals surface area (Å²) in [5.41, 5.74) is 1.65. The Hall–Kier alpha value is -3.26. The van der Waals surface area contributed by atoms with Crippen LogP contribution in [0.1, 0.15) is 27.9 Å². The van der Waals surface area contributed by atoms with Crippen molar-refractivity contribution in [2.24, 2.45) is 28.8 Å². The van der Waals surface area contributed by atoms with Crippen molar-refractivity contribution in [3.05, 3.63) is 75.8 Å². The first-order valence-corrected chi connectivity index (χ1v) is 11.1. The van der Waals surface area contributed by atoms with Crippen molar-refractivity contribution in [3.8, 4) is 5.75 Å². The smallest absolute Gasteiger partial charge is 0.335 e. The Morgan fingerprint density at radius 1 is 1.12 bits per heavy atom. The van der Waals surface area contributed by atoms with Crippen molar-refractivity contribution in [3.63, 3.8) is 0 Å². The van der Waals surface area contributed by atoms with E-state index in [1.165, 1.54) is 12.3 Å². The molecule has 8 heteroatoms. The third kappa shape index (κ3) is 3.54. The number of hydrazone groups is 1. The first-order valence-electron chi connectivity index (χ1n) is 10.3. The van der Waals surface area contributed by atoms with Gasteiger partial charge in [0, 0.05) is 0 Å². The third-order valence-corrected chi connectivity index (χ3v) is 6.91. The zero-order valence-electron chi connectivity index (χ0n) is 16.8. The molecule has 0 radical (unpaired) electrons. The Morgan fingerprint density at radius 3 is 2.50 bits per heavy atom. The van der Waals surface area contributed by atoms with Crippen LogP contribution in [-0.2, 0) is 16.2 Å². The highest BCUT2D eigenvalue weighted by atomic mass is 79.9. The highest BCUT2D eigenvalue weighted by molar-refractivity contribution is 9.10. The minimum Gasteiger partial charge on any atom is -0.488 e. The van der Waals surface area contributed by atoms with Crippen LogP contribution < -0.4 is 4.74 Å². The molecular formula is C24H19BrN2O5. The number of fused-ring (bicyclic) bond motifs is 5. The molecule has 2 amide bonds. The number of halogens is 1. The number of rotatable bonds is 6. The SMILES string of the molecule is O=C(O)c1cccc(COc2ccc(C=NN3C(=O)C4C5C=CC(C5)C4C3=O)cc2Br)c1. The largest absolute Gasteiger partial charge is 0.488 e. The average Bonchev–Trinajstić information content (AvgIpc) is 3.46. The number of carboxylic acids is 1. The van der Waals surface area contributed by atoms with E-state index < -0.39 is 5.97 Å². The summed E-state index contributed by atoms with van der Waals surface area (Å²) in [6.45, 7) is 0.211. The number of hydrogen-bond acceptors (Lipinski definition) is 5. The molecular weight excluding hydrogens is 476 g/mol. The van der Waals surface area contributed by atoms with E-state index in [4.69, 9.17) is 9.84 Å². The Labute approximate surface area is 192 Å². The number of aromatic carboxylic acids is 1. The topological polar surface area (TPSA) is 96.3 Å². The third-order valence-electron chi connectivity index (χ3n) is 6.29. The second-order valence-corrected chi connectivity index (χ2v) is 9.07. The van der Waals surface area contributed by atoms with E-state index in [2.05, 4.69) is 33.2 Å². The standard InChI is InChI=1S/C24H19BrN2O5/c25-18-9-13(4-7-19(18)32-12-14-2-1-3-17(8-14)24(30)31)11-26-27-22(28)20-15-5-6-16(10-15)21(20)23(27)29/h1-9,11,15-16,20-21H,10,12H2,(H,30,31). The fraction of sp³-hybridized carbons (Fsp3) is 0.250. The van der Waals surface area contributed by atoms with Crippen LogP contribution in [0.15, 0.2) is 64.2 Å². The van der Waals surface area contributed by atoms with Gasteiger partial charge >= 0.3 is 5.97 Å². The zero-order valence-corrected chi connectivity index (χ0v) is 18.4. The van der Waals surface area contributed by atoms with Crippen molar-refractivity contribution in [1.82, 2.24) is 5.01 Å². The number of allylic oxidation sites excluding steroid dienone is 2. The van der Waals surface area contributed by atoms with Gasteiger partial charge in [0.25, 0.3) is 11.8 Å². The van der Waals surface area contributed by atoms with Gasteiger partial charge in [-0.3, -0.25) is 9.59 Å². The van der Waals surface area contributed by atoms with E-state index in [9.17, 15) is 14.4 Å². The normalized spacial score (nSPS) is 25.7. The predicted octanol–water partition coefficient (Wildman–Crippen LogP) is 3.87. The second kappa shape index (κ2) is 8.02. The summed E-state index contributed by atoms with van der Waals surface area (Å²) < 4.78 is 6.47. The molecule has 1 saturated heterocycles. The van der Waals surface area contributed by atoms with Crippen molar-refractivity contribution in [1.29, 1.82) is 0 Å². The summed E-state index contributed by atoms with van der Waals surface area (Å²) in [5, 5.41) is 14.3. The summed E-state index contributed by atoms with van der Waals surface area (Å²) >= 11 is 3.46. The van der Waals surface area contributed by atoms with E-state index in [1.807, 2.05) is 0 Å². The molecule has 4 atom stereocenters. The zero-order chi connectivity index (χ0) is 22.4. The number of hydrogen-bond donors (Lipinski definition) is 1. The Bertz CT molecular complexity index is 1160. The summed E-state index contributed by atoms with van der Waals surface area (Å²) in [6, 6.07) is 11.9. The molecule has 32 heavy (non-hydrogen) atoms. The van der Waals surface area contributed by atoms with Gasteiger partial charge in [-0.2, -0.15) is 10.1 Å². The van der Waals surface area contributed by atoms with Gasteiger partial charge in [-0.25, -0.2) is 4.79 Å². The molecule has 162 valence electrons. The first-order chi connectivity index (χ1) is 15.4. The van der Waals surface area contributed by atoms with Gasteiger partial charge in [-0.05, 0) is 75.6 Å². The van der Waals surface area contributed by atoms with Gasteiger partial charge in [0.2, 0.25) is 0 Å². The molecule has 2 aromatic rings. The Morgan fingerprint density at radius 2 is 1.84 bits per heavy atom. The lowest BCUT2D eigenvalue weighted by molar-refractivity contribution is -0.140. The quantitative estimate of drug-likeness (QED) is 0.373. The van der Waals surface area contributed by atoms with Crippen LogP contribution in [0.5, 0.6) is 5.75 Å². The van der Waals surface area contributed by atoms with Gasteiger partial charge < -0.3 is 9.84 Å². The van der Waals surface area contributed by atoms with Crippen molar-refractivity contribution in [2.75, 3.05) is 0 Å². The predicted molar refractivity (Wildman–Crippen MR) is 119 cm³/mol. The van der Waals surface area contributed by atoms with E-state index >= 15 is 0 Å². The van der Waals surface area contributed by atoms with Gasteiger partial charge in [-0.1, -0.05) is 24.3 Å². The highest BCUT2D eigenvalue weighted by Crippen LogP contribution is 2.52. The van der Waals surface area contributed by atoms with Crippen molar-refractivity contribution in [2.45, 2.75) is 13.0 Å². The maximum atomic E-state index is 12.7. The van der Waals surface area contributed by atoms with Gasteiger partial charge in [0.1, 0.15) is 12.4 Å². The summed E-state index contributed by atoms with van der Waals surface area (Å²) in [4.78, 5) is 36.5. The fourth-order valence-corrected chi connectivity index (χ4v) is 5.31. The van der Waals surface area contributed by atoms with Crippen LogP contribution >= 0.6 is 15.9 Å².